The van der Waals surface area contributed by atoms with Gasteiger partial charge in [-0.25, -0.2) is 4.79 Å². The molecule has 0 aliphatic carbocycles. The van der Waals surface area contributed by atoms with Crippen molar-refractivity contribution in [3.05, 3.63) is 57.5 Å². The fourth-order valence-electron chi connectivity index (χ4n) is 1.42. The molecular weight excluding hydrogens is 307 g/mol. The summed E-state index contributed by atoms with van der Waals surface area (Å²) in [6.07, 6.45) is 0. The summed E-state index contributed by atoms with van der Waals surface area (Å²) in [7, 11) is 0. The minimum Gasteiger partial charge on any atom is -0.308 e. The van der Waals surface area contributed by atoms with Crippen molar-refractivity contribution in [3.8, 4) is 0 Å². The van der Waals surface area contributed by atoms with E-state index < -0.39 is 6.03 Å². The summed E-state index contributed by atoms with van der Waals surface area (Å²) in [6.45, 7) is 0. The molecule has 0 aliphatic heterocycles. The number of amides is 2. The van der Waals surface area contributed by atoms with Gasteiger partial charge >= 0.3 is 6.03 Å². The van der Waals surface area contributed by atoms with E-state index in [4.69, 9.17) is 34.8 Å². The maximum Gasteiger partial charge on any atom is 0.323 e. The highest BCUT2D eigenvalue weighted by molar-refractivity contribution is 6.42. The standard InChI is InChI=1S/C13H9Cl3N2O/c14-9-6-5-8(7-11(9)16)17-13(19)18-12-4-2-1-3-10(12)15/h1-7H,(H2,17,18,19). The van der Waals surface area contributed by atoms with E-state index in [2.05, 4.69) is 10.6 Å². The second kappa shape index (κ2) is 6.15. The summed E-state index contributed by atoms with van der Waals surface area (Å²) in [5.41, 5.74) is 1.07. The minimum atomic E-state index is -0.411. The summed E-state index contributed by atoms with van der Waals surface area (Å²) >= 11 is 17.6. The molecule has 2 rings (SSSR count). The van der Waals surface area contributed by atoms with Crippen molar-refractivity contribution < 1.29 is 4.79 Å². The number of hydrogen-bond acceptors (Lipinski definition) is 1. The van der Waals surface area contributed by atoms with Crippen LogP contribution in [-0.4, -0.2) is 6.03 Å². The SMILES string of the molecule is O=C(Nc1ccc(Cl)c(Cl)c1)Nc1ccccc1Cl. The third-order valence-corrected chi connectivity index (χ3v) is 3.37. The zero-order valence-electron chi connectivity index (χ0n) is 9.58. The maximum atomic E-state index is 11.8. The van der Waals surface area contributed by atoms with E-state index in [0.29, 0.717) is 26.4 Å². The van der Waals surface area contributed by atoms with E-state index in [1.807, 2.05) is 0 Å². The van der Waals surface area contributed by atoms with Crippen molar-refractivity contribution in [1.82, 2.24) is 0 Å². The van der Waals surface area contributed by atoms with Gasteiger partial charge in [0.25, 0.3) is 0 Å². The van der Waals surface area contributed by atoms with Gasteiger partial charge in [0.1, 0.15) is 0 Å². The first kappa shape index (κ1) is 14.0. The number of carbonyl (C=O) groups is 1. The Morgan fingerprint density at radius 2 is 1.58 bits per heavy atom. The molecule has 2 N–H and O–H groups in total. The van der Waals surface area contributed by atoms with Gasteiger partial charge in [-0.05, 0) is 30.3 Å². The minimum absolute atomic E-state index is 0.372. The van der Waals surface area contributed by atoms with E-state index in [0.717, 1.165) is 0 Å². The van der Waals surface area contributed by atoms with Crippen molar-refractivity contribution in [1.29, 1.82) is 0 Å². The van der Waals surface area contributed by atoms with Crippen LogP contribution in [0.3, 0.4) is 0 Å². The fraction of sp³-hybridized carbons (Fsp3) is 0. The summed E-state index contributed by atoms with van der Waals surface area (Å²) in [6, 6.07) is 11.4. The molecule has 0 saturated carbocycles. The van der Waals surface area contributed by atoms with Gasteiger partial charge in [0, 0.05) is 5.69 Å². The number of carbonyl (C=O) groups excluding carboxylic acids is 1. The Bertz CT molecular complexity index is 617. The highest BCUT2D eigenvalue weighted by Crippen LogP contribution is 2.25. The van der Waals surface area contributed by atoms with Gasteiger partial charge < -0.3 is 10.6 Å². The first-order valence-electron chi connectivity index (χ1n) is 5.34. The molecule has 0 fully saturated rings. The first-order valence-corrected chi connectivity index (χ1v) is 6.47. The van der Waals surface area contributed by atoms with E-state index in [-0.39, 0.29) is 0 Å². The highest BCUT2D eigenvalue weighted by Gasteiger charge is 2.06. The molecule has 98 valence electrons. The molecule has 0 spiro atoms. The second-order valence-corrected chi connectivity index (χ2v) is 4.91. The van der Waals surface area contributed by atoms with Gasteiger partial charge in [-0.1, -0.05) is 46.9 Å². The Morgan fingerprint density at radius 1 is 0.842 bits per heavy atom. The first-order chi connectivity index (χ1) is 9.06. The van der Waals surface area contributed by atoms with Crippen molar-refractivity contribution in [3.63, 3.8) is 0 Å². The van der Waals surface area contributed by atoms with Gasteiger partial charge in [0.2, 0.25) is 0 Å². The summed E-state index contributed by atoms with van der Waals surface area (Å²) in [5, 5.41) is 6.54. The number of para-hydroxylation sites is 1. The maximum absolute atomic E-state index is 11.8. The molecule has 3 nitrogen and oxygen atoms in total. The Balaban J connectivity index is 2.05. The third-order valence-electron chi connectivity index (χ3n) is 2.30. The lowest BCUT2D eigenvalue weighted by Crippen LogP contribution is -2.19. The number of halogens is 3. The van der Waals surface area contributed by atoms with Crippen LogP contribution in [0.15, 0.2) is 42.5 Å². The summed E-state index contributed by atoms with van der Waals surface area (Å²) < 4.78 is 0. The van der Waals surface area contributed by atoms with Crippen LogP contribution in [0.1, 0.15) is 0 Å². The molecule has 19 heavy (non-hydrogen) atoms. The van der Waals surface area contributed by atoms with Crippen LogP contribution >= 0.6 is 34.8 Å². The Kier molecular flexibility index (Phi) is 4.53. The molecule has 2 amide bonds. The van der Waals surface area contributed by atoms with Crippen molar-refractivity contribution in [2.45, 2.75) is 0 Å². The highest BCUT2D eigenvalue weighted by atomic mass is 35.5. The predicted molar refractivity (Wildman–Crippen MR) is 80.6 cm³/mol. The predicted octanol–water partition coefficient (Wildman–Crippen LogP) is 5.29. The van der Waals surface area contributed by atoms with Gasteiger partial charge in [-0.2, -0.15) is 0 Å². The van der Waals surface area contributed by atoms with Crippen LogP contribution in [0.5, 0.6) is 0 Å². The molecule has 0 bridgehead atoms. The molecule has 0 atom stereocenters. The summed E-state index contributed by atoms with van der Waals surface area (Å²) in [5.74, 6) is 0. The number of hydrogen-bond donors (Lipinski definition) is 2. The monoisotopic (exact) mass is 314 g/mol. The average molecular weight is 316 g/mol. The molecule has 0 unspecified atom stereocenters. The van der Waals surface area contributed by atoms with E-state index in [1.165, 1.54) is 0 Å². The molecule has 0 heterocycles. The molecule has 0 saturated heterocycles. The average Bonchev–Trinajstić information content (AvgIpc) is 2.37. The zero-order valence-corrected chi connectivity index (χ0v) is 11.9. The van der Waals surface area contributed by atoms with Gasteiger partial charge in [0.15, 0.2) is 0 Å². The number of nitrogens with one attached hydrogen (secondary N) is 2. The number of anilines is 2. The number of urea groups is 1. The Labute approximate surface area is 125 Å². The fourth-order valence-corrected chi connectivity index (χ4v) is 1.90. The van der Waals surface area contributed by atoms with Gasteiger partial charge in [0.05, 0.1) is 20.8 Å². The molecule has 6 heteroatoms. The number of rotatable bonds is 2. The molecule has 2 aromatic carbocycles. The lowest BCUT2D eigenvalue weighted by molar-refractivity contribution is 0.262. The van der Waals surface area contributed by atoms with Crippen molar-refractivity contribution >= 4 is 52.2 Å². The molecule has 0 radical (unpaired) electrons. The normalized spacial score (nSPS) is 10.1. The molecule has 2 aromatic rings. The van der Waals surface area contributed by atoms with Crippen molar-refractivity contribution in [2.24, 2.45) is 0 Å². The molecule has 0 aliphatic rings. The molecular formula is C13H9Cl3N2O. The molecule has 0 aromatic heterocycles. The van der Waals surface area contributed by atoms with Crippen LogP contribution in [0, 0.1) is 0 Å². The lowest BCUT2D eigenvalue weighted by Gasteiger charge is -2.09. The van der Waals surface area contributed by atoms with Crippen LogP contribution < -0.4 is 10.6 Å². The Morgan fingerprint density at radius 3 is 2.26 bits per heavy atom. The zero-order chi connectivity index (χ0) is 13.8. The van der Waals surface area contributed by atoms with E-state index >= 15 is 0 Å². The van der Waals surface area contributed by atoms with Gasteiger partial charge in [-0.3, -0.25) is 0 Å². The van der Waals surface area contributed by atoms with E-state index in [1.54, 1.807) is 42.5 Å². The van der Waals surface area contributed by atoms with Crippen molar-refractivity contribution in [2.75, 3.05) is 10.6 Å². The van der Waals surface area contributed by atoms with Gasteiger partial charge in [-0.15, -0.1) is 0 Å². The second-order valence-electron chi connectivity index (χ2n) is 3.69. The van der Waals surface area contributed by atoms with E-state index in [9.17, 15) is 4.79 Å². The Hall–Kier alpha value is -1.42. The smallest absolute Gasteiger partial charge is 0.308 e. The largest absolute Gasteiger partial charge is 0.323 e. The van der Waals surface area contributed by atoms with Crippen LogP contribution in [0.2, 0.25) is 15.1 Å². The topological polar surface area (TPSA) is 41.1 Å². The van der Waals surface area contributed by atoms with Crippen LogP contribution in [0.4, 0.5) is 16.2 Å². The number of benzene rings is 2. The quantitative estimate of drug-likeness (QED) is 0.776. The van der Waals surface area contributed by atoms with Crippen LogP contribution in [0.25, 0.3) is 0 Å². The third kappa shape index (κ3) is 3.77. The summed E-state index contributed by atoms with van der Waals surface area (Å²) in [4.78, 5) is 11.8. The lowest BCUT2D eigenvalue weighted by atomic mass is 10.3. The van der Waals surface area contributed by atoms with Crippen LogP contribution in [-0.2, 0) is 0 Å².